The number of rotatable bonds is 1. The molecule has 0 aromatic carbocycles. The van der Waals surface area contributed by atoms with Gasteiger partial charge >= 0.3 is 0 Å². The maximum atomic E-state index is 12.8. The Bertz CT molecular complexity index is 668. The monoisotopic (exact) mass is 286 g/mol. The van der Waals surface area contributed by atoms with Gasteiger partial charge in [0.2, 0.25) is 0 Å². The molecule has 21 heavy (non-hydrogen) atoms. The van der Waals surface area contributed by atoms with E-state index in [1.54, 1.807) is 12.1 Å². The highest BCUT2D eigenvalue weighted by Crippen LogP contribution is 2.25. The molecule has 1 N–H and O–H groups in total. The zero-order chi connectivity index (χ0) is 14.2. The van der Waals surface area contributed by atoms with Crippen LogP contribution in [0.4, 0.5) is 0 Å². The van der Waals surface area contributed by atoms with Crippen molar-refractivity contribution in [3.05, 3.63) is 23.9 Å². The van der Waals surface area contributed by atoms with Gasteiger partial charge in [0, 0.05) is 19.1 Å². The molecule has 2 fully saturated rings. The summed E-state index contributed by atoms with van der Waals surface area (Å²) in [5.74, 6) is 0.599. The van der Waals surface area contributed by atoms with Crippen LogP contribution in [0.3, 0.4) is 0 Å². The molecular formula is C14H18N6O. The normalized spacial score (nSPS) is 25.8. The molecule has 7 nitrogen and oxygen atoms in total. The van der Waals surface area contributed by atoms with Crippen LogP contribution < -0.4 is 5.32 Å². The number of carbonyl (C=O) groups excluding carboxylic acids is 1. The minimum atomic E-state index is 0.0249. The molecule has 110 valence electrons. The summed E-state index contributed by atoms with van der Waals surface area (Å²) in [4.78, 5) is 14.7. The molecule has 0 aliphatic carbocycles. The number of amides is 1. The van der Waals surface area contributed by atoms with Gasteiger partial charge < -0.3 is 10.2 Å². The van der Waals surface area contributed by atoms with E-state index in [1.807, 2.05) is 11.0 Å². The minimum absolute atomic E-state index is 0.0249. The second-order valence-electron chi connectivity index (χ2n) is 5.86. The van der Waals surface area contributed by atoms with E-state index in [0.29, 0.717) is 23.3 Å². The number of nitrogens with zero attached hydrogens (tertiary/aromatic N) is 5. The summed E-state index contributed by atoms with van der Waals surface area (Å²) in [6.45, 7) is 2.74. The molecule has 2 aliphatic heterocycles. The van der Waals surface area contributed by atoms with Crippen LogP contribution in [0.5, 0.6) is 0 Å². The van der Waals surface area contributed by atoms with Crippen LogP contribution in [0.1, 0.15) is 29.8 Å². The van der Waals surface area contributed by atoms with Crippen molar-refractivity contribution in [1.29, 1.82) is 0 Å². The Morgan fingerprint density at radius 2 is 2.29 bits per heavy atom. The zero-order valence-electron chi connectivity index (χ0n) is 11.8. The van der Waals surface area contributed by atoms with E-state index in [1.165, 1.54) is 17.4 Å². The molecule has 2 aromatic heterocycles. The lowest BCUT2D eigenvalue weighted by Crippen LogP contribution is -2.53. The highest BCUT2D eigenvalue weighted by molar-refractivity contribution is 5.93. The number of pyridine rings is 1. The number of likely N-dealkylation sites (tertiary alicyclic amines) is 1. The molecule has 0 spiro atoms. The van der Waals surface area contributed by atoms with Crippen LogP contribution in [0, 0.1) is 5.92 Å². The number of fused-ring (bicyclic) bond motifs is 2. The van der Waals surface area contributed by atoms with Gasteiger partial charge in [-0.15, -0.1) is 5.10 Å². The molecule has 7 heteroatoms. The van der Waals surface area contributed by atoms with Crippen LogP contribution >= 0.6 is 0 Å². The van der Waals surface area contributed by atoms with E-state index >= 15 is 0 Å². The third kappa shape index (κ3) is 2.17. The van der Waals surface area contributed by atoms with Crippen molar-refractivity contribution in [3.63, 3.8) is 0 Å². The summed E-state index contributed by atoms with van der Waals surface area (Å²) in [6, 6.07) is 5.99. The maximum absolute atomic E-state index is 12.8. The molecule has 2 atom stereocenters. The van der Waals surface area contributed by atoms with Gasteiger partial charge in [0.1, 0.15) is 5.69 Å². The zero-order valence-corrected chi connectivity index (χ0v) is 11.8. The first-order valence-electron chi connectivity index (χ1n) is 7.53. The van der Waals surface area contributed by atoms with Gasteiger partial charge in [0.15, 0.2) is 5.65 Å². The summed E-state index contributed by atoms with van der Waals surface area (Å²) in [7, 11) is 0. The summed E-state index contributed by atoms with van der Waals surface area (Å²) in [5, 5.41) is 15.0. The fourth-order valence-corrected chi connectivity index (χ4v) is 3.52. The van der Waals surface area contributed by atoms with E-state index in [9.17, 15) is 4.79 Å². The van der Waals surface area contributed by atoms with E-state index in [-0.39, 0.29) is 5.91 Å². The number of hydrogen-bond donors (Lipinski definition) is 1. The summed E-state index contributed by atoms with van der Waals surface area (Å²) in [5.41, 5.74) is 1.15. The fraction of sp³-hybridized carbons (Fsp3) is 0.571. The number of hydrogen-bond acceptors (Lipinski definition) is 5. The predicted octanol–water partition coefficient (Wildman–Crippen LogP) is 0.338. The second-order valence-corrected chi connectivity index (χ2v) is 5.86. The molecular weight excluding hydrogens is 268 g/mol. The number of tetrazole rings is 1. The molecule has 4 heterocycles. The number of nitrogens with one attached hydrogen (secondary N) is 1. The van der Waals surface area contributed by atoms with Crippen LogP contribution in [-0.4, -0.2) is 56.5 Å². The van der Waals surface area contributed by atoms with Gasteiger partial charge in [-0.05, 0) is 54.3 Å². The van der Waals surface area contributed by atoms with Crippen LogP contribution in [0.15, 0.2) is 18.2 Å². The summed E-state index contributed by atoms with van der Waals surface area (Å²) >= 11 is 0. The highest BCUT2D eigenvalue weighted by Gasteiger charge is 2.33. The lowest BCUT2D eigenvalue weighted by Gasteiger charge is -2.41. The van der Waals surface area contributed by atoms with E-state index < -0.39 is 0 Å². The lowest BCUT2D eigenvalue weighted by molar-refractivity contribution is 0.0584. The maximum Gasteiger partial charge on any atom is 0.272 e. The Morgan fingerprint density at radius 3 is 3.24 bits per heavy atom. The van der Waals surface area contributed by atoms with E-state index in [2.05, 4.69) is 20.8 Å². The van der Waals surface area contributed by atoms with E-state index in [0.717, 1.165) is 26.1 Å². The molecule has 0 saturated carbocycles. The van der Waals surface area contributed by atoms with Crippen molar-refractivity contribution in [1.82, 2.24) is 30.3 Å². The van der Waals surface area contributed by atoms with Crippen molar-refractivity contribution in [2.24, 2.45) is 5.92 Å². The molecule has 1 amide bonds. The van der Waals surface area contributed by atoms with Crippen molar-refractivity contribution in [2.45, 2.75) is 25.3 Å². The quantitative estimate of drug-likeness (QED) is 0.818. The van der Waals surface area contributed by atoms with Crippen molar-refractivity contribution in [2.75, 3.05) is 19.6 Å². The molecule has 2 aromatic rings. The third-order valence-electron chi connectivity index (χ3n) is 4.62. The second kappa shape index (κ2) is 5.07. The topological polar surface area (TPSA) is 75.4 Å². The van der Waals surface area contributed by atoms with Crippen LogP contribution in [0.25, 0.3) is 5.65 Å². The minimum Gasteiger partial charge on any atom is -0.337 e. The molecule has 0 unspecified atom stereocenters. The van der Waals surface area contributed by atoms with E-state index in [4.69, 9.17) is 0 Å². The van der Waals surface area contributed by atoms with Crippen molar-refractivity contribution < 1.29 is 4.79 Å². The average Bonchev–Trinajstić information content (AvgIpc) is 3.02. The largest absolute Gasteiger partial charge is 0.337 e. The number of carbonyl (C=O) groups is 1. The third-order valence-corrected chi connectivity index (χ3v) is 4.62. The first-order valence-corrected chi connectivity index (χ1v) is 7.53. The van der Waals surface area contributed by atoms with Gasteiger partial charge in [0.05, 0.1) is 0 Å². The van der Waals surface area contributed by atoms with Crippen molar-refractivity contribution in [3.8, 4) is 0 Å². The molecule has 0 bridgehead atoms. The predicted molar refractivity (Wildman–Crippen MR) is 75.8 cm³/mol. The number of piperidine rings is 2. The van der Waals surface area contributed by atoms with Crippen LogP contribution in [-0.2, 0) is 0 Å². The smallest absolute Gasteiger partial charge is 0.272 e. The standard InChI is InChI=1S/C14H18N6O/c21-14(12-4-1-5-13-16-17-18-20(12)13)19-8-6-11-10(9-19)3-2-7-15-11/h1,4-5,10-11,15H,2-3,6-9H2/t10-,11+/m1/s1. The Morgan fingerprint density at radius 1 is 1.33 bits per heavy atom. The lowest BCUT2D eigenvalue weighted by atomic mass is 9.85. The first-order chi connectivity index (χ1) is 10.3. The Balaban J connectivity index is 1.59. The van der Waals surface area contributed by atoms with Gasteiger partial charge in [-0.25, -0.2) is 0 Å². The van der Waals surface area contributed by atoms with Crippen molar-refractivity contribution >= 4 is 11.6 Å². The van der Waals surface area contributed by atoms with Crippen LogP contribution in [0.2, 0.25) is 0 Å². The number of aromatic nitrogens is 4. The molecule has 2 aliphatic rings. The Kier molecular flexibility index (Phi) is 3.07. The van der Waals surface area contributed by atoms with Gasteiger partial charge in [-0.2, -0.15) is 4.52 Å². The molecule has 0 radical (unpaired) electrons. The average molecular weight is 286 g/mol. The Labute approximate surface area is 122 Å². The molecule has 4 rings (SSSR count). The van der Waals surface area contributed by atoms with Gasteiger partial charge in [0.25, 0.3) is 5.91 Å². The van der Waals surface area contributed by atoms with Gasteiger partial charge in [-0.1, -0.05) is 6.07 Å². The summed E-state index contributed by atoms with van der Waals surface area (Å²) < 4.78 is 1.52. The molecule has 2 saturated heterocycles. The first kappa shape index (κ1) is 12.7. The Hall–Kier alpha value is -2.02. The fourth-order valence-electron chi connectivity index (χ4n) is 3.52. The van der Waals surface area contributed by atoms with Gasteiger partial charge in [-0.3, -0.25) is 4.79 Å². The SMILES string of the molecule is O=C(c1cccc2nnnn12)N1CC[C@@H]2NCCC[C@@H]2C1. The summed E-state index contributed by atoms with van der Waals surface area (Å²) in [6.07, 6.45) is 3.43. The highest BCUT2D eigenvalue weighted by atomic mass is 16.2.